The Morgan fingerprint density at radius 3 is 1.62 bits per heavy atom. The molecule has 0 bridgehead atoms. The van der Waals surface area contributed by atoms with Gasteiger partial charge in [-0.1, -0.05) is 48.5 Å². The predicted octanol–water partition coefficient (Wildman–Crippen LogP) is 3.32. The number of rotatable bonds is 5. The highest BCUT2D eigenvalue weighted by atomic mass is 16.5. The molecule has 0 aliphatic carbocycles. The summed E-state index contributed by atoms with van der Waals surface area (Å²) in [7, 11) is 1.80. The van der Waals surface area contributed by atoms with E-state index in [0.717, 1.165) is 19.7 Å². The van der Waals surface area contributed by atoms with E-state index in [0.29, 0.717) is 0 Å². The van der Waals surface area contributed by atoms with E-state index < -0.39 is 0 Å². The molecule has 0 rings (SSSR count). The van der Waals surface area contributed by atoms with Crippen molar-refractivity contribution in [1.29, 1.82) is 0 Å². The van der Waals surface area contributed by atoms with Crippen LogP contribution < -0.4 is 5.32 Å². The lowest BCUT2D eigenvalue weighted by Crippen LogP contribution is -2.55. The van der Waals surface area contributed by atoms with Gasteiger partial charge in [-0.15, -0.1) is 0 Å². The van der Waals surface area contributed by atoms with E-state index in [-0.39, 0.29) is 16.2 Å². The van der Waals surface area contributed by atoms with Gasteiger partial charge in [0.2, 0.25) is 0 Å². The highest BCUT2D eigenvalue weighted by Crippen LogP contribution is 2.51. The summed E-state index contributed by atoms with van der Waals surface area (Å²) in [5, 5.41) is 3.51. The maximum atomic E-state index is 5.52. The van der Waals surface area contributed by atoms with Gasteiger partial charge in [0, 0.05) is 19.1 Å². The maximum Gasteiger partial charge on any atom is 0.0540 e. The van der Waals surface area contributed by atoms with Gasteiger partial charge >= 0.3 is 0 Å². The molecule has 0 aromatic rings. The van der Waals surface area contributed by atoms with E-state index in [9.17, 15) is 0 Å². The molecule has 0 saturated carbocycles. The molecule has 0 aromatic heterocycles. The number of nitrogens with one attached hydrogen (secondary N) is 1. The zero-order valence-electron chi connectivity index (χ0n) is 12.5. The Balaban J connectivity index is 5.23. The molecule has 0 fully saturated rings. The Labute approximate surface area is 102 Å². The van der Waals surface area contributed by atoms with Crippen molar-refractivity contribution in [3.8, 4) is 0 Å². The fourth-order valence-corrected chi connectivity index (χ4v) is 2.72. The van der Waals surface area contributed by atoms with Crippen LogP contribution in [0.1, 0.15) is 48.5 Å². The lowest BCUT2D eigenvalue weighted by atomic mass is 9.54. The van der Waals surface area contributed by atoms with E-state index in [4.69, 9.17) is 4.74 Å². The summed E-state index contributed by atoms with van der Waals surface area (Å²) in [6.07, 6.45) is 0. The number of hydrogen-bond donors (Lipinski definition) is 1. The second-order valence-corrected chi connectivity index (χ2v) is 6.80. The molecule has 0 amide bonds. The highest BCUT2D eigenvalue weighted by Gasteiger charge is 2.50. The van der Waals surface area contributed by atoms with Gasteiger partial charge in [0.15, 0.2) is 0 Å². The van der Waals surface area contributed by atoms with E-state index >= 15 is 0 Å². The number of ether oxygens (including phenoxy) is 1. The third-order valence-electron chi connectivity index (χ3n) is 3.94. The fraction of sp³-hybridized carbons (Fsp3) is 1.00. The first-order chi connectivity index (χ1) is 7.12. The van der Waals surface area contributed by atoms with Gasteiger partial charge in [-0.05, 0) is 17.4 Å². The largest absolute Gasteiger partial charge is 0.384 e. The summed E-state index contributed by atoms with van der Waals surface area (Å²) in [6, 6.07) is 0. The molecule has 0 unspecified atom stereocenters. The second kappa shape index (κ2) is 5.50. The molecule has 0 saturated heterocycles. The fourth-order valence-electron chi connectivity index (χ4n) is 2.72. The summed E-state index contributed by atoms with van der Waals surface area (Å²) in [6.45, 7) is 18.9. The Kier molecular flexibility index (Phi) is 5.48. The molecular weight excluding hydrogens is 198 g/mol. The molecule has 0 atom stereocenters. The first-order valence-corrected chi connectivity index (χ1v) is 6.32. The van der Waals surface area contributed by atoms with Crippen molar-refractivity contribution in [1.82, 2.24) is 5.32 Å². The molecule has 0 heterocycles. The van der Waals surface area contributed by atoms with Gasteiger partial charge < -0.3 is 10.1 Å². The molecule has 0 aliphatic heterocycles. The second-order valence-electron chi connectivity index (χ2n) is 6.80. The molecule has 0 radical (unpaired) electrons. The minimum absolute atomic E-state index is 0.144. The molecule has 98 valence electrons. The average Bonchev–Trinajstić information content (AvgIpc) is 2.08. The van der Waals surface area contributed by atoms with Crippen LogP contribution in [0.4, 0.5) is 0 Å². The molecule has 2 heteroatoms. The third kappa shape index (κ3) is 3.21. The van der Waals surface area contributed by atoms with Gasteiger partial charge in [0.05, 0.1) is 6.61 Å². The minimum Gasteiger partial charge on any atom is -0.384 e. The van der Waals surface area contributed by atoms with E-state index in [1.807, 2.05) is 0 Å². The van der Waals surface area contributed by atoms with Crippen LogP contribution in [0.5, 0.6) is 0 Å². The Morgan fingerprint density at radius 2 is 1.38 bits per heavy atom. The molecule has 0 spiro atoms. The first-order valence-electron chi connectivity index (χ1n) is 6.32. The topological polar surface area (TPSA) is 21.3 Å². The summed E-state index contributed by atoms with van der Waals surface area (Å²) >= 11 is 0. The van der Waals surface area contributed by atoms with Gasteiger partial charge in [0.1, 0.15) is 0 Å². The third-order valence-corrected chi connectivity index (χ3v) is 3.94. The van der Waals surface area contributed by atoms with Crippen molar-refractivity contribution in [3.63, 3.8) is 0 Å². The zero-order valence-corrected chi connectivity index (χ0v) is 12.5. The normalized spacial score (nSPS) is 14.2. The van der Waals surface area contributed by atoms with Crippen molar-refractivity contribution < 1.29 is 4.74 Å². The van der Waals surface area contributed by atoms with Crippen LogP contribution in [0.25, 0.3) is 0 Å². The van der Waals surface area contributed by atoms with Crippen LogP contribution in [-0.2, 0) is 4.74 Å². The van der Waals surface area contributed by atoms with Crippen LogP contribution in [0.3, 0.4) is 0 Å². The van der Waals surface area contributed by atoms with Crippen LogP contribution in [-0.4, -0.2) is 26.8 Å². The van der Waals surface area contributed by atoms with Gasteiger partial charge in [0.25, 0.3) is 0 Å². The Bertz CT molecular complexity index is 184. The first kappa shape index (κ1) is 15.9. The summed E-state index contributed by atoms with van der Waals surface area (Å²) < 4.78 is 5.52. The molecular formula is C14H31NO. The van der Waals surface area contributed by atoms with Crippen LogP contribution in [0.15, 0.2) is 0 Å². The summed E-state index contributed by atoms with van der Waals surface area (Å²) in [4.78, 5) is 0. The Morgan fingerprint density at radius 1 is 0.938 bits per heavy atom. The van der Waals surface area contributed by atoms with Crippen LogP contribution in [0.2, 0.25) is 0 Å². The molecule has 1 N–H and O–H groups in total. The van der Waals surface area contributed by atoms with Crippen molar-refractivity contribution in [3.05, 3.63) is 0 Å². The predicted molar refractivity (Wildman–Crippen MR) is 71.8 cm³/mol. The summed E-state index contributed by atoms with van der Waals surface area (Å²) in [5.74, 6) is 0. The number of methoxy groups -OCH3 is 1. The van der Waals surface area contributed by atoms with E-state index in [2.05, 4.69) is 53.8 Å². The van der Waals surface area contributed by atoms with E-state index in [1.54, 1.807) is 7.11 Å². The van der Waals surface area contributed by atoms with E-state index in [1.165, 1.54) is 0 Å². The molecule has 16 heavy (non-hydrogen) atoms. The molecule has 0 aliphatic rings. The minimum atomic E-state index is 0.144. The van der Waals surface area contributed by atoms with Crippen LogP contribution in [0, 0.1) is 16.2 Å². The van der Waals surface area contributed by atoms with Gasteiger partial charge in [-0.25, -0.2) is 0 Å². The lowest BCUT2D eigenvalue weighted by Gasteiger charge is -2.53. The quantitative estimate of drug-likeness (QED) is 0.781. The van der Waals surface area contributed by atoms with Crippen molar-refractivity contribution >= 4 is 0 Å². The van der Waals surface area contributed by atoms with Crippen molar-refractivity contribution in [2.45, 2.75) is 48.5 Å². The molecule has 2 nitrogen and oxygen atoms in total. The standard InChI is InChI=1S/C14H31NO/c1-9-15-10-14(11-16-8,12(2,3)4)13(5,6)7/h15H,9-11H2,1-8H3. The molecule has 0 aromatic carbocycles. The average molecular weight is 229 g/mol. The maximum absolute atomic E-state index is 5.52. The monoisotopic (exact) mass is 229 g/mol. The smallest absolute Gasteiger partial charge is 0.0540 e. The van der Waals surface area contributed by atoms with Crippen LogP contribution >= 0.6 is 0 Å². The summed E-state index contributed by atoms with van der Waals surface area (Å²) in [5.41, 5.74) is 0.567. The lowest BCUT2D eigenvalue weighted by molar-refractivity contribution is -0.0856. The van der Waals surface area contributed by atoms with Crippen molar-refractivity contribution in [2.24, 2.45) is 16.2 Å². The van der Waals surface area contributed by atoms with Gasteiger partial charge in [-0.2, -0.15) is 0 Å². The number of hydrogen-bond acceptors (Lipinski definition) is 2. The zero-order chi connectivity index (χ0) is 13.0. The van der Waals surface area contributed by atoms with Crippen molar-refractivity contribution in [2.75, 3.05) is 26.8 Å². The van der Waals surface area contributed by atoms with Gasteiger partial charge in [-0.3, -0.25) is 0 Å². The SMILES string of the molecule is CCNCC(COC)(C(C)(C)C)C(C)(C)C. The highest BCUT2D eigenvalue weighted by molar-refractivity contribution is 5.00. The Hall–Kier alpha value is -0.0800.